The smallest absolute Gasteiger partial charge is 0.268 e. The molecule has 0 saturated carbocycles. The number of rotatable bonds is 6. The summed E-state index contributed by atoms with van der Waals surface area (Å²) in [4.78, 5) is 42.2. The Balaban J connectivity index is 1.54. The first-order chi connectivity index (χ1) is 17.4. The van der Waals surface area contributed by atoms with E-state index in [2.05, 4.69) is 21.4 Å². The van der Waals surface area contributed by atoms with Gasteiger partial charge in [0.25, 0.3) is 11.8 Å². The Morgan fingerprint density at radius 3 is 2.31 bits per heavy atom. The first kappa shape index (κ1) is 24.0. The standard InChI is InChI=1S/C27H24BrN3O5/c1-3-36-21-13-9-19(10-14-21)30-26(33)22-23(16-7-11-20(35-2)12-8-16)29-31(24(22)27(30)34)25(32)17-5-4-6-18(28)15-17/h4-15,22-24,29H,3H2,1-2H3/t22-,23+,24-/m1/s1. The van der Waals surface area contributed by atoms with Gasteiger partial charge >= 0.3 is 0 Å². The molecule has 3 atom stereocenters. The van der Waals surface area contributed by atoms with E-state index in [9.17, 15) is 14.4 Å². The molecule has 2 heterocycles. The van der Waals surface area contributed by atoms with E-state index in [1.54, 1.807) is 61.7 Å². The van der Waals surface area contributed by atoms with Crippen LogP contribution in [0.15, 0.2) is 77.3 Å². The fourth-order valence-electron chi connectivity index (χ4n) is 4.74. The van der Waals surface area contributed by atoms with Crippen LogP contribution in [0.4, 0.5) is 5.69 Å². The first-order valence-corrected chi connectivity index (χ1v) is 12.3. The van der Waals surface area contributed by atoms with E-state index in [0.717, 1.165) is 10.0 Å². The number of halogens is 1. The average Bonchev–Trinajstić information content (AvgIpc) is 3.41. The zero-order chi connectivity index (χ0) is 25.4. The third kappa shape index (κ3) is 4.14. The molecule has 0 radical (unpaired) electrons. The number of anilines is 1. The van der Waals surface area contributed by atoms with Crippen LogP contribution in [0.5, 0.6) is 11.5 Å². The fourth-order valence-corrected chi connectivity index (χ4v) is 5.14. The highest BCUT2D eigenvalue weighted by atomic mass is 79.9. The maximum Gasteiger partial charge on any atom is 0.268 e. The number of methoxy groups -OCH3 is 1. The van der Waals surface area contributed by atoms with Gasteiger partial charge in [-0.25, -0.2) is 10.3 Å². The molecule has 2 aliphatic rings. The van der Waals surface area contributed by atoms with Crippen molar-refractivity contribution in [3.05, 3.63) is 88.4 Å². The molecule has 0 spiro atoms. The molecule has 3 amide bonds. The molecular weight excluding hydrogens is 526 g/mol. The molecular formula is C27H24BrN3O5. The minimum absolute atomic E-state index is 0.368. The largest absolute Gasteiger partial charge is 0.497 e. The molecule has 2 saturated heterocycles. The maximum atomic E-state index is 13.7. The summed E-state index contributed by atoms with van der Waals surface area (Å²) in [6, 6.07) is 19.4. The number of benzene rings is 3. The van der Waals surface area contributed by atoms with E-state index in [4.69, 9.17) is 9.47 Å². The Morgan fingerprint density at radius 2 is 1.67 bits per heavy atom. The normalized spacial score (nSPS) is 21.0. The molecule has 8 nitrogen and oxygen atoms in total. The maximum absolute atomic E-state index is 13.7. The summed E-state index contributed by atoms with van der Waals surface area (Å²) in [6.45, 7) is 2.39. The van der Waals surface area contributed by atoms with Crippen molar-refractivity contribution in [3.63, 3.8) is 0 Å². The Morgan fingerprint density at radius 1 is 0.972 bits per heavy atom. The van der Waals surface area contributed by atoms with Crippen LogP contribution in [0.2, 0.25) is 0 Å². The van der Waals surface area contributed by atoms with Gasteiger partial charge in [0.15, 0.2) is 0 Å². The molecule has 3 aromatic carbocycles. The van der Waals surface area contributed by atoms with Gasteiger partial charge in [0, 0.05) is 10.0 Å². The Labute approximate surface area is 216 Å². The van der Waals surface area contributed by atoms with Gasteiger partial charge < -0.3 is 9.47 Å². The number of fused-ring (bicyclic) bond motifs is 1. The quantitative estimate of drug-likeness (QED) is 0.465. The number of hydrogen-bond donors (Lipinski definition) is 1. The summed E-state index contributed by atoms with van der Waals surface area (Å²) in [6.07, 6.45) is 0. The van der Waals surface area contributed by atoms with Crippen LogP contribution in [-0.4, -0.2) is 42.5 Å². The third-order valence-corrected chi connectivity index (χ3v) is 6.90. The van der Waals surface area contributed by atoms with Gasteiger partial charge in [-0.15, -0.1) is 0 Å². The summed E-state index contributed by atoms with van der Waals surface area (Å²) in [5.74, 6) is -0.705. The molecule has 2 fully saturated rings. The number of amides is 3. The van der Waals surface area contributed by atoms with Crippen LogP contribution < -0.4 is 19.8 Å². The highest BCUT2D eigenvalue weighted by Gasteiger charge is 2.60. The molecule has 36 heavy (non-hydrogen) atoms. The van der Waals surface area contributed by atoms with Crippen molar-refractivity contribution in [2.24, 2.45) is 5.92 Å². The van der Waals surface area contributed by atoms with Crippen molar-refractivity contribution in [1.29, 1.82) is 0 Å². The summed E-state index contributed by atoms with van der Waals surface area (Å²) in [7, 11) is 1.57. The van der Waals surface area contributed by atoms with Crippen LogP contribution in [0.3, 0.4) is 0 Å². The molecule has 1 N–H and O–H groups in total. The number of carbonyl (C=O) groups excluding carboxylic acids is 3. The number of hydrogen-bond acceptors (Lipinski definition) is 6. The van der Waals surface area contributed by atoms with E-state index >= 15 is 0 Å². The second-order valence-electron chi connectivity index (χ2n) is 8.47. The summed E-state index contributed by atoms with van der Waals surface area (Å²) >= 11 is 3.39. The molecule has 3 aromatic rings. The zero-order valence-electron chi connectivity index (χ0n) is 19.7. The SMILES string of the molecule is CCOc1ccc(N2C(=O)[C@@H]3[C@H](c4ccc(OC)cc4)NN(C(=O)c4cccc(Br)c4)[C@H]3C2=O)cc1. The van der Waals surface area contributed by atoms with Crippen LogP contribution in [0, 0.1) is 5.92 Å². The zero-order valence-corrected chi connectivity index (χ0v) is 21.3. The van der Waals surface area contributed by atoms with E-state index in [0.29, 0.717) is 29.4 Å². The van der Waals surface area contributed by atoms with Gasteiger partial charge in [-0.05, 0) is 67.1 Å². The second-order valence-corrected chi connectivity index (χ2v) is 9.39. The third-order valence-electron chi connectivity index (χ3n) is 6.41. The van der Waals surface area contributed by atoms with Gasteiger partial charge in [0.1, 0.15) is 17.5 Å². The number of carbonyl (C=O) groups is 3. The Kier molecular flexibility index (Phi) is 6.51. The summed E-state index contributed by atoms with van der Waals surface area (Å²) in [5, 5.41) is 1.30. The van der Waals surface area contributed by atoms with Crippen LogP contribution in [-0.2, 0) is 9.59 Å². The average molecular weight is 550 g/mol. The van der Waals surface area contributed by atoms with Crippen molar-refractivity contribution >= 4 is 39.3 Å². The first-order valence-electron chi connectivity index (χ1n) is 11.5. The predicted octanol–water partition coefficient (Wildman–Crippen LogP) is 4.12. The van der Waals surface area contributed by atoms with Gasteiger partial charge in [0.05, 0.1) is 31.4 Å². The Bertz CT molecular complexity index is 1310. The second kappa shape index (κ2) is 9.75. The van der Waals surface area contributed by atoms with Crippen molar-refractivity contribution < 1.29 is 23.9 Å². The molecule has 9 heteroatoms. The number of ether oxygens (including phenoxy) is 2. The van der Waals surface area contributed by atoms with E-state index in [1.165, 1.54) is 9.91 Å². The number of imide groups is 1. The number of nitrogens with one attached hydrogen (secondary N) is 1. The van der Waals surface area contributed by atoms with E-state index in [-0.39, 0.29) is 5.91 Å². The summed E-state index contributed by atoms with van der Waals surface area (Å²) in [5.41, 5.74) is 4.76. The lowest BCUT2D eigenvalue weighted by molar-refractivity contribution is -0.123. The van der Waals surface area contributed by atoms with Gasteiger partial charge in [-0.2, -0.15) is 0 Å². The van der Waals surface area contributed by atoms with E-state index < -0.39 is 29.8 Å². The fraction of sp³-hybridized carbons (Fsp3) is 0.222. The molecule has 0 bridgehead atoms. The van der Waals surface area contributed by atoms with Gasteiger partial charge in [-0.3, -0.25) is 19.4 Å². The Hall–Kier alpha value is -3.69. The van der Waals surface area contributed by atoms with Gasteiger partial charge in [0.2, 0.25) is 5.91 Å². The molecule has 5 rings (SSSR count). The van der Waals surface area contributed by atoms with Crippen molar-refractivity contribution in [1.82, 2.24) is 10.4 Å². The highest BCUT2D eigenvalue weighted by molar-refractivity contribution is 9.10. The molecule has 0 unspecified atom stereocenters. The monoisotopic (exact) mass is 549 g/mol. The van der Waals surface area contributed by atoms with Crippen molar-refractivity contribution in [2.45, 2.75) is 19.0 Å². The lowest BCUT2D eigenvalue weighted by Crippen LogP contribution is -2.48. The predicted molar refractivity (Wildman–Crippen MR) is 137 cm³/mol. The van der Waals surface area contributed by atoms with Gasteiger partial charge in [-0.1, -0.05) is 34.1 Å². The van der Waals surface area contributed by atoms with E-state index in [1.807, 2.05) is 25.1 Å². The lowest BCUT2D eigenvalue weighted by atomic mass is 9.91. The number of hydrazine groups is 1. The highest BCUT2D eigenvalue weighted by Crippen LogP contribution is 2.42. The van der Waals surface area contributed by atoms with Crippen LogP contribution in [0.1, 0.15) is 28.9 Å². The molecule has 2 aliphatic heterocycles. The molecule has 0 aromatic heterocycles. The minimum atomic E-state index is -0.998. The lowest BCUT2D eigenvalue weighted by Gasteiger charge is -2.25. The van der Waals surface area contributed by atoms with Crippen molar-refractivity contribution in [3.8, 4) is 11.5 Å². The summed E-state index contributed by atoms with van der Waals surface area (Å²) < 4.78 is 11.5. The number of nitrogens with zero attached hydrogens (tertiary/aromatic N) is 2. The van der Waals surface area contributed by atoms with Crippen LogP contribution in [0.25, 0.3) is 0 Å². The van der Waals surface area contributed by atoms with Crippen molar-refractivity contribution in [2.75, 3.05) is 18.6 Å². The topological polar surface area (TPSA) is 88.2 Å². The van der Waals surface area contributed by atoms with Crippen LogP contribution >= 0.6 is 15.9 Å². The minimum Gasteiger partial charge on any atom is -0.497 e. The molecule has 0 aliphatic carbocycles. The molecule has 184 valence electrons.